The van der Waals surface area contributed by atoms with Gasteiger partial charge in [0.25, 0.3) is 5.91 Å². The van der Waals surface area contributed by atoms with Gasteiger partial charge in [-0.15, -0.1) is 10.2 Å². The molecule has 9 heteroatoms. The first-order valence-corrected chi connectivity index (χ1v) is 10.0. The molecule has 0 aliphatic heterocycles. The Morgan fingerprint density at radius 3 is 2.40 bits per heavy atom. The Balaban J connectivity index is 1.70. The summed E-state index contributed by atoms with van der Waals surface area (Å²) in [6.45, 7) is 3.57. The molecule has 2 aromatic carbocycles. The first-order valence-electron chi connectivity index (χ1n) is 9.23. The van der Waals surface area contributed by atoms with Crippen molar-refractivity contribution >= 4 is 28.3 Å². The summed E-state index contributed by atoms with van der Waals surface area (Å²) in [6.07, 6.45) is 0. The van der Waals surface area contributed by atoms with Crippen LogP contribution in [-0.4, -0.2) is 35.2 Å². The maximum absolute atomic E-state index is 13.9. The molecular weight excluding hydrogens is 407 g/mol. The minimum absolute atomic E-state index is 0.117. The number of carbonyl (C=O) groups is 2. The fraction of sp³-hybridized carbons (Fsp3) is 0.238. The Morgan fingerprint density at radius 2 is 1.77 bits per heavy atom. The van der Waals surface area contributed by atoms with Crippen molar-refractivity contribution in [3.05, 3.63) is 59.9 Å². The van der Waals surface area contributed by atoms with Gasteiger partial charge < -0.3 is 10.1 Å². The van der Waals surface area contributed by atoms with Crippen LogP contribution in [0.4, 0.5) is 9.52 Å². The lowest BCUT2D eigenvalue weighted by Crippen LogP contribution is -2.47. The van der Waals surface area contributed by atoms with Crippen molar-refractivity contribution in [1.82, 2.24) is 15.5 Å². The highest BCUT2D eigenvalue weighted by molar-refractivity contribution is 7.18. The van der Waals surface area contributed by atoms with Crippen LogP contribution in [0.2, 0.25) is 0 Å². The summed E-state index contributed by atoms with van der Waals surface area (Å²) in [4.78, 5) is 25.1. The van der Waals surface area contributed by atoms with E-state index in [9.17, 15) is 14.0 Å². The van der Waals surface area contributed by atoms with Gasteiger partial charge in [-0.3, -0.25) is 14.9 Å². The van der Waals surface area contributed by atoms with E-state index >= 15 is 0 Å². The van der Waals surface area contributed by atoms with Gasteiger partial charge in [0.2, 0.25) is 11.0 Å². The van der Waals surface area contributed by atoms with E-state index in [2.05, 4.69) is 20.8 Å². The van der Waals surface area contributed by atoms with Crippen molar-refractivity contribution in [2.45, 2.75) is 19.9 Å². The highest BCUT2D eigenvalue weighted by Crippen LogP contribution is 2.28. The van der Waals surface area contributed by atoms with Crippen LogP contribution in [0.1, 0.15) is 24.2 Å². The molecule has 7 nitrogen and oxygen atoms in total. The Morgan fingerprint density at radius 1 is 1.07 bits per heavy atom. The third-order valence-electron chi connectivity index (χ3n) is 4.35. The van der Waals surface area contributed by atoms with E-state index in [0.29, 0.717) is 10.1 Å². The maximum Gasteiger partial charge on any atom is 0.254 e. The molecular formula is C21H21FN4O3S. The lowest BCUT2D eigenvalue weighted by molar-refractivity contribution is -0.118. The van der Waals surface area contributed by atoms with Gasteiger partial charge >= 0.3 is 0 Å². The number of halogens is 1. The average molecular weight is 428 g/mol. The number of anilines is 1. The van der Waals surface area contributed by atoms with Crippen molar-refractivity contribution in [1.29, 1.82) is 0 Å². The number of hydrogen-bond donors (Lipinski definition) is 2. The molecule has 0 fully saturated rings. The summed E-state index contributed by atoms with van der Waals surface area (Å²) in [7, 11) is 1.59. The SMILES string of the molecule is COc1ccc(-c2nnc(NC(=O)C(NC(=O)c3ccccc3F)C(C)C)s2)cc1. The summed E-state index contributed by atoms with van der Waals surface area (Å²) < 4.78 is 19.0. The number of carbonyl (C=O) groups excluding carboxylic acids is 2. The van der Waals surface area contributed by atoms with E-state index in [1.165, 1.54) is 29.5 Å². The molecule has 1 heterocycles. The van der Waals surface area contributed by atoms with Crippen LogP contribution in [0.15, 0.2) is 48.5 Å². The van der Waals surface area contributed by atoms with E-state index in [-0.39, 0.29) is 11.5 Å². The second-order valence-corrected chi connectivity index (χ2v) is 7.78. The highest BCUT2D eigenvalue weighted by Gasteiger charge is 2.26. The predicted molar refractivity (Wildman–Crippen MR) is 113 cm³/mol. The topological polar surface area (TPSA) is 93.2 Å². The summed E-state index contributed by atoms with van der Waals surface area (Å²) in [5, 5.41) is 14.3. The number of hydrogen-bond acceptors (Lipinski definition) is 6. The lowest BCUT2D eigenvalue weighted by Gasteiger charge is -2.21. The number of ether oxygens (including phenoxy) is 1. The monoisotopic (exact) mass is 428 g/mol. The molecule has 1 atom stereocenters. The second kappa shape index (κ2) is 9.45. The molecule has 1 aromatic heterocycles. The zero-order valence-corrected chi connectivity index (χ0v) is 17.5. The second-order valence-electron chi connectivity index (χ2n) is 6.81. The molecule has 3 rings (SSSR count). The predicted octanol–water partition coefficient (Wildman–Crippen LogP) is 3.75. The average Bonchev–Trinajstić information content (AvgIpc) is 3.20. The molecule has 1 unspecified atom stereocenters. The number of benzene rings is 2. The zero-order valence-electron chi connectivity index (χ0n) is 16.7. The third-order valence-corrected chi connectivity index (χ3v) is 5.23. The molecule has 0 aliphatic rings. The van der Waals surface area contributed by atoms with Gasteiger partial charge in [-0.2, -0.15) is 0 Å². The van der Waals surface area contributed by atoms with Gasteiger partial charge in [-0.25, -0.2) is 4.39 Å². The minimum Gasteiger partial charge on any atom is -0.497 e. The number of aromatic nitrogens is 2. The Hall–Kier alpha value is -3.33. The fourth-order valence-electron chi connectivity index (χ4n) is 2.71. The summed E-state index contributed by atoms with van der Waals surface area (Å²) in [5.74, 6) is -1.26. The van der Waals surface area contributed by atoms with E-state index in [1.807, 2.05) is 24.3 Å². The van der Waals surface area contributed by atoms with Gasteiger partial charge in [0.05, 0.1) is 12.7 Å². The molecule has 2 amide bonds. The Bertz CT molecular complexity index is 1040. The number of rotatable bonds is 7. The molecule has 3 aromatic rings. The number of methoxy groups -OCH3 is 1. The number of nitrogens with one attached hydrogen (secondary N) is 2. The van der Waals surface area contributed by atoms with Crippen molar-refractivity contribution in [2.75, 3.05) is 12.4 Å². The standard InChI is InChI=1S/C21H21FN4O3S/c1-12(2)17(23-18(27)15-6-4-5-7-16(15)22)19(28)24-21-26-25-20(30-21)13-8-10-14(29-3)11-9-13/h4-12,17H,1-3H3,(H,23,27)(H,24,26,28). The van der Waals surface area contributed by atoms with Crippen molar-refractivity contribution in [2.24, 2.45) is 5.92 Å². The number of nitrogens with zero attached hydrogens (tertiary/aromatic N) is 2. The summed E-state index contributed by atoms with van der Waals surface area (Å²) >= 11 is 1.21. The molecule has 30 heavy (non-hydrogen) atoms. The summed E-state index contributed by atoms with van der Waals surface area (Å²) in [5.41, 5.74) is 0.718. The van der Waals surface area contributed by atoms with E-state index in [4.69, 9.17) is 4.74 Å². The Labute approximate surface area is 177 Å². The minimum atomic E-state index is -0.870. The molecule has 156 valence electrons. The lowest BCUT2D eigenvalue weighted by atomic mass is 10.0. The van der Waals surface area contributed by atoms with E-state index in [1.54, 1.807) is 27.0 Å². The van der Waals surface area contributed by atoms with Crippen molar-refractivity contribution in [3.63, 3.8) is 0 Å². The molecule has 0 spiro atoms. The first-order chi connectivity index (χ1) is 14.4. The van der Waals surface area contributed by atoms with Gasteiger partial charge in [-0.1, -0.05) is 37.3 Å². The van der Waals surface area contributed by atoms with Gasteiger partial charge in [-0.05, 0) is 42.3 Å². The smallest absolute Gasteiger partial charge is 0.254 e. The van der Waals surface area contributed by atoms with Gasteiger partial charge in [0.1, 0.15) is 22.6 Å². The van der Waals surface area contributed by atoms with Crippen LogP contribution in [0.5, 0.6) is 5.75 Å². The van der Waals surface area contributed by atoms with Crippen molar-refractivity contribution in [3.8, 4) is 16.3 Å². The normalized spacial score (nSPS) is 11.8. The van der Waals surface area contributed by atoms with Crippen LogP contribution in [0.3, 0.4) is 0 Å². The quantitative estimate of drug-likeness (QED) is 0.598. The Kier molecular flexibility index (Phi) is 6.73. The van der Waals surface area contributed by atoms with Gasteiger partial charge in [0, 0.05) is 5.56 Å². The molecule has 0 aliphatic carbocycles. The van der Waals surface area contributed by atoms with Crippen LogP contribution >= 0.6 is 11.3 Å². The molecule has 0 radical (unpaired) electrons. The van der Waals surface area contributed by atoms with Crippen LogP contribution in [0, 0.1) is 11.7 Å². The maximum atomic E-state index is 13.9. The molecule has 0 saturated heterocycles. The first kappa shape index (κ1) is 21.4. The fourth-order valence-corrected chi connectivity index (χ4v) is 3.46. The van der Waals surface area contributed by atoms with E-state index in [0.717, 1.165) is 11.3 Å². The molecule has 2 N–H and O–H groups in total. The van der Waals surface area contributed by atoms with E-state index < -0.39 is 23.7 Å². The van der Waals surface area contributed by atoms with Crippen LogP contribution in [0.25, 0.3) is 10.6 Å². The van der Waals surface area contributed by atoms with Crippen molar-refractivity contribution < 1.29 is 18.7 Å². The van der Waals surface area contributed by atoms with Crippen LogP contribution in [-0.2, 0) is 4.79 Å². The summed E-state index contributed by atoms with van der Waals surface area (Å²) in [6, 6.07) is 12.0. The molecule has 0 bridgehead atoms. The number of amides is 2. The zero-order chi connectivity index (χ0) is 21.7. The van der Waals surface area contributed by atoms with Gasteiger partial charge in [0.15, 0.2) is 0 Å². The highest BCUT2D eigenvalue weighted by atomic mass is 32.1. The third kappa shape index (κ3) is 4.98. The molecule has 0 saturated carbocycles. The van der Waals surface area contributed by atoms with Crippen LogP contribution < -0.4 is 15.4 Å². The largest absolute Gasteiger partial charge is 0.497 e.